The monoisotopic (exact) mass is 814 g/mol. The van der Waals surface area contributed by atoms with Crippen molar-refractivity contribution < 1.29 is 40.8 Å². The van der Waals surface area contributed by atoms with Crippen LogP contribution in [0.2, 0.25) is 0 Å². The second-order valence-corrected chi connectivity index (χ2v) is 20.6. The number of sulfonamides is 2. The van der Waals surface area contributed by atoms with Crippen LogP contribution in [0.3, 0.4) is 0 Å². The SMILES string of the molecule is COc1ccc(-c2csc(C(=O)N3C[C@H]4CN5C(=O)[C@@H](NS(=O)(=O)C6CC6)CCCCC/C=C\[C@@H]6C[C@@]6(C(=O)NS(=O)(=O)C6CC6)NC(=O)[C@@H]5[C@H]4C3)n2)cc1. The average molecular weight is 815 g/mol. The van der Waals surface area contributed by atoms with Gasteiger partial charge in [0.25, 0.3) is 11.8 Å². The number of fused-ring (bicyclic) bond motifs is 4. The third kappa shape index (κ3) is 7.66. The summed E-state index contributed by atoms with van der Waals surface area (Å²) >= 11 is 1.21. The number of rotatable bonds is 9. The summed E-state index contributed by atoms with van der Waals surface area (Å²) in [4.78, 5) is 64.5. The summed E-state index contributed by atoms with van der Waals surface area (Å²) in [5.41, 5.74) is -0.0884. The molecule has 3 N–H and O–H groups in total. The number of thiazole rings is 1. The minimum atomic E-state index is -3.92. The zero-order valence-corrected chi connectivity index (χ0v) is 33.0. The summed E-state index contributed by atoms with van der Waals surface area (Å²) in [7, 11) is -6.10. The van der Waals surface area contributed by atoms with Gasteiger partial charge in [0, 0.05) is 48.3 Å². The Kier molecular flexibility index (Phi) is 10.1. The molecule has 6 atom stereocenters. The molecule has 8 rings (SSSR count). The lowest BCUT2D eigenvalue weighted by Gasteiger charge is -2.32. The van der Waals surface area contributed by atoms with Gasteiger partial charge in [0.15, 0.2) is 5.01 Å². The van der Waals surface area contributed by atoms with Crippen LogP contribution in [-0.4, -0.2) is 110 Å². The molecule has 3 aliphatic carbocycles. The van der Waals surface area contributed by atoms with Gasteiger partial charge in [-0.15, -0.1) is 11.3 Å². The average Bonchev–Trinajstić information content (AvgIpc) is 4.11. The van der Waals surface area contributed by atoms with Crippen molar-refractivity contribution in [2.45, 2.75) is 92.3 Å². The lowest BCUT2D eigenvalue weighted by Crippen LogP contribution is -2.60. The maximum Gasteiger partial charge on any atom is 0.282 e. The van der Waals surface area contributed by atoms with Crippen LogP contribution in [0.1, 0.15) is 74.0 Å². The Labute approximate surface area is 324 Å². The molecule has 4 amide bonds. The van der Waals surface area contributed by atoms with Crippen LogP contribution in [0.4, 0.5) is 0 Å². The van der Waals surface area contributed by atoms with Crippen LogP contribution in [-0.2, 0) is 34.4 Å². The number of likely N-dealkylation sites (tertiary alicyclic amines) is 1. The van der Waals surface area contributed by atoms with Crippen LogP contribution in [0.25, 0.3) is 11.3 Å². The van der Waals surface area contributed by atoms with Gasteiger partial charge in [0.1, 0.15) is 23.4 Å². The lowest BCUT2D eigenvalue weighted by molar-refractivity contribution is -0.142. The van der Waals surface area contributed by atoms with Crippen molar-refractivity contribution in [3.05, 3.63) is 46.8 Å². The van der Waals surface area contributed by atoms with E-state index in [1.54, 1.807) is 17.4 Å². The molecule has 18 heteroatoms. The summed E-state index contributed by atoms with van der Waals surface area (Å²) in [5, 5.41) is 3.78. The van der Waals surface area contributed by atoms with E-state index in [-0.39, 0.29) is 49.3 Å². The molecular formula is C37H46N6O9S3. The Morgan fingerprint density at radius 3 is 2.38 bits per heavy atom. The van der Waals surface area contributed by atoms with E-state index in [1.807, 2.05) is 36.4 Å². The van der Waals surface area contributed by atoms with E-state index >= 15 is 0 Å². The van der Waals surface area contributed by atoms with Crippen molar-refractivity contribution in [2.24, 2.45) is 17.8 Å². The highest BCUT2D eigenvalue weighted by atomic mass is 32.2. The number of hydrogen-bond acceptors (Lipinski definition) is 11. The molecule has 0 unspecified atom stereocenters. The van der Waals surface area contributed by atoms with Crippen molar-refractivity contribution in [2.75, 3.05) is 26.7 Å². The van der Waals surface area contributed by atoms with E-state index in [0.29, 0.717) is 50.0 Å². The smallest absolute Gasteiger partial charge is 0.282 e. The highest BCUT2D eigenvalue weighted by Crippen LogP contribution is 2.47. The molecule has 1 aromatic carbocycles. The first-order valence-electron chi connectivity index (χ1n) is 19.1. The maximum atomic E-state index is 14.6. The first kappa shape index (κ1) is 38.0. The number of hydrogen-bond donors (Lipinski definition) is 3. The number of nitrogens with one attached hydrogen (secondary N) is 3. The number of benzene rings is 1. The van der Waals surface area contributed by atoms with E-state index < -0.39 is 77.7 Å². The number of ether oxygens (including phenoxy) is 1. The maximum absolute atomic E-state index is 14.6. The van der Waals surface area contributed by atoms with Gasteiger partial charge in [-0.05, 0) is 75.6 Å². The largest absolute Gasteiger partial charge is 0.497 e. The van der Waals surface area contributed by atoms with E-state index in [2.05, 4.69) is 19.7 Å². The Balaban J connectivity index is 1.07. The predicted octanol–water partition coefficient (Wildman–Crippen LogP) is 2.17. The minimum Gasteiger partial charge on any atom is -0.497 e. The fourth-order valence-electron chi connectivity index (χ4n) is 8.29. The van der Waals surface area contributed by atoms with Crippen molar-refractivity contribution in [3.63, 3.8) is 0 Å². The summed E-state index contributed by atoms with van der Waals surface area (Å²) in [6, 6.07) is 5.10. The molecule has 3 aliphatic heterocycles. The van der Waals surface area contributed by atoms with Crippen LogP contribution < -0.4 is 19.5 Å². The van der Waals surface area contributed by atoms with Crippen molar-refractivity contribution in [1.29, 1.82) is 0 Å². The summed E-state index contributed by atoms with van der Waals surface area (Å²) in [5.74, 6) is -2.89. The predicted molar refractivity (Wildman–Crippen MR) is 203 cm³/mol. The van der Waals surface area contributed by atoms with Gasteiger partial charge in [0.05, 0.1) is 23.3 Å². The molecule has 3 saturated carbocycles. The topological polar surface area (TPSA) is 201 Å². The first-order valence-corrected chi connectivity index (χ1v) is 23.0. The Morgan fingerprint density at radius 2 is 1.67 bits per heavy atom. The van der Waals surface area contributed by atoms with E-state index in [9.17, 15) is 36.0 Å². The molecule has 55 heavy (non-hydrogen) atoms. The molecular weight excluding hydrogens is 769 g/mol. The third-order valence-corrected chi connectivity index (χ3v) is 16.5. The van der Waals surface area contributed by atoms with Gasteiger partial charge in [-0.2, -0.15) is 0 Å². The minimum absolute atomic E-state index is 0.0978. The highest BCUT2D eigenvalue weighted by Gasteiger charge is 2.63. The Morgan fingerprint density at radius 1 is 0.945 bits per heavy atom. The van der Waals surface area contributed by atoms with Gasteiger partial charge < -0.3 is 19.9 Å². The molecule has 0 spiro atoms. The number of carbonyl (C=O) groups is 4. The molecule has 5 fully saturated rings. The van der Waals surface area contributed by atoms with Gasteiger partial charge >= 0.3 is 0 Å². The molecule has 1 aromatic heterocycles. The Hall–Kier alpha value is -3.87. The second-order valence-electron chi connectivity index (χ2n) is 15.8. The van der Waals surface area contributed by atoms with Gasteiger partial charge in [0.2, 0.25) is 31.9 Å². The molecule has 0 bridgehead atoms. The van der Waals surface area contributed by atoms with Crippen molar-refractivity contribution in [1.82, 2.24) is 29.5 Å². The third-order valence-electron chi connectivity index (χ3n) is 11.8. The lowest BCUT2D eigenvalue weighted by atomic mass is 9.93. The van der Waals surface area contributed by atoms with Gasteiger partial charge in [-0.25, -0.2) is 26.5 Å². The zero-order chi connectivity index (χ0) is 38.7. The number of methoxy groups -OCH3 is 1. The molecule has 2 saturated heterocycles. The second kappa shape index (κ2) is 14.6. The van der Waals surface area contributed by atoms with E-state index in [0.717, 1.165) is 18.4 Å². The quantitative estimate of drug-likeness (QED) is 0.315. The molecule has 2 aromatic rings. The molecule has 4 heterocycles. The van der Waals surface area contributed by atoms with E-state index in [4.69, 9.17) is 4.74 Å². The van der Waals surface area contributed by atoms with Crippen LogP contribution in [0.15, 0.2) is 41.8 Å². The van der Waals surface area contributed by atoms with Gasteiger partial charge in [-0.1, -0.05) is 25.0 Å². The van der Waals surface area contributed by atoms with E-state index in [1.165, 1.54) is 16.2 Å². The summed E-state index contributed by atoms with van der Waals surface area (Å²) < 4.78 is 62.2. The number of carbonyl (C=O) groups excluding carboxylic acids is 4. The first-order chi connectivity index (χ1) is 26.3. The standard InChI is InChI=1S/C37H46N6O9S3/c1-52-25-11-9-22(10-12-25)30-21-53-33(38-30)35(46)42-18-23-19-43-31(28(23)20-42)32(44)39-37(36(47)41-55(50,51)27-15-16-27)17-24(37)7-5-3-2-4-6-8-29(34(43)45)40-54(48,49)26-13-14-26/h5,7,9-12,21,23-24,26-29,31,40H,2-4,6,8,13-20H2,1H3,(H,39,44)(H,41,47)/b7-5-/t23-,24+,28-,29-,31-,37+/m0/s1. The van der Waals surface area contributed by atoms with Crippen molar-refractivity contribution in [3.8, 4) is 17.0 Å². The highest BCUT2D eigenvalue weighted by molar-refractivity contribution is 7.91. The summed E-state index contributed by atoms with van der Waals surface area (Å²) in [6.45, 7) is 0.462. The fourth-order valence-corrected chi connectivity index (χ4v) is 12.0. The summed E-state index contributed by atoms with van der Waals surface area (Å²) in [6.07, 6.45) is 8.92. The van der Waals surface area contributed by atoms with Crippen molar-refractivity contribution >= 4 is 55.0 Å². The zero-order valence-electron chi connectivity index (χ0n) is 30.5. The van der Waals surface area contributed by atoms with Crippen LogP contribution >= 0.6 is 11.3 Å². The number of aromatic nitrogens is 1. The molecule has 296 valence electrons. The van der Waals surface area contributed by atoms with Crippen LogP contribution in [0.5, 0.6) is 5.75 Å². The molecule has 15 nitrogen and oxygen atoms in total. The Bertz CT molecular complexity index is 2120. The normalized spacial score (nSPS) is 30.6. The molecule has 6 aliphatic rings. The van der Waals surface area contributed by atoms with Gasteiger partial charge in [-0.3, -0.25) is 23.9 Å². The fraction of sp³-hybridized carbons (Fsp3) is 0.595. The number of allylic oxidation sites excluding steroid dienone is 1. The number of amides is 4. The van der Waals surface area contributed by atoms with Crippen LogP contribution in [0, 0.1) is 17.8 Å². The number of nitrogens with zero attached hydrogens (tertiary/aromatic N) is 3. The molecule has 0 radical (unpaired) electrons.